The first kappa shape index (κ1) is 12.1. The molecular weight excluding hydrogens is 186 g/mol. The molecule has 0 spiro atoms. The standard InChI is InChI=1S/C12H21N3/c1-10-5-6-12(14-7-10)9-13-8-11(2)15(3)4/h5-7,11,13H,8-9H2,1-4H3. The molecule has 0 aliphatic carbocycles. The van der Waals surface area contributed by atoms with Crippen LogP contribution in [0.4, 0.5) is 0 Å². The fraction of sp³-hybridized carbons (Fsp3) is 0.583. The minimum absolute atomic E-state index is 0.551. The van der Waals surface area contributed by atoms with Crippen LogP contribution in [-0.4, -0.2) is 36.6 Å². The summed E-state index contributed by atoms with van der Waals surface area (Å²) >= 11 is 0. The zero-order valence-electron chi connectivity index (χ0n) is 10.1. The van der Waals surface area contributed by atoms with Crippen molar-refractivity contribution in [3.05, 3.63) is 29.6 Å². The van der Waals surface area contributed by atoms with Gasteiger partial charge in [-0.15, -0.1) is 0 Å². The summed E-state index contributed by atoms with van der Waals surface area (Å²) in [6.45, 7) is 6.09. The van der Waals surface area contributed by atoms with E-state index in [-0.39, 0.29) is 0 Å². The van der Waals surface area contributed by atoms with E-state index in [0.29, 0.717) is 6.04 Å². The largest absolute Gasteiger partial charge is 0.310 e. The Labute approximate surface area is 92.5 Å². The molecule has 0 saturated carbocycles. The van der Waals surface area contributed by atoms with Gasteiger partial charge in [0.2, 0.25) is 0 Å². The Balaban J connectivity index is 2.29. The Hall–Kier alpha value is -0.930. The van der Waals surface area contributed by atoms with Gasteiger partial charge in [0.15, 0.2) is 0 Å². The van der Waals surface area contributed by atoms with Gasteiger partial charge in [0.1, 0.15) is 0 Å². The molecule has 1 N–H and O–H groups in total. The molecule has 0 bridgehead atoms. The Morgan fingerprint density at radius 3 is 2.67 bits per heavy atom. The quantitative estimate of drug-likeness (QED) is 0.791. The van der Waals surface area contributed by atoms with Gasteiger partial charge in [0.05, 0.1) is 5.69 Å². The van der Waals surface area contributed by atoms with Gasteiger partial charge in [-0.25, -0.2) is 0 Å². The van der Waals surface area contributed by atoms with E-state index in [9.17, 15) is 0 Å². The smallest absolute Gasteiger partial charge is 0.0541 e. The van der Waals surface area contributed by atoms with Crippen molar-refractivity contribution in [1.29, 1.82) is 0 Å². The first-order valence-corrected chi connectivity index (χ1v) is 5.38. The Bertz CT molecular complexity index is 279. The summed E-state index contributed by atoms with van der Waals surface area (Å²) in [5.41, 5.74) is 2.31. The molecule has 0 aliphatic heterocycles. The van der Waals surface area contributed by atoms with Crippen LogP contribution in [0.25, 0.3) is 0 Å². The number of pyridine rings is 1. The topological polar surface area (TPSA) is 28.2 Å². The fourth-order valence-electron chi connectivity index (χ4n) is 1.19. The maximum Gasteiger partial charge on any atom is 0.0541 e. The molecule has 1 aromatic heterocycles. The summed E-state index contributed by atoms with van der Waals surface area (Å²) in [5.74, 6) is 0. The molecule has 3 nitrogen and oxygen atoms in total. The van der Waals surface area contributed by atoms with Gasteiger partial charge in [-0.05, 0) is 39.6 Å². The second kappa shape index (κ2) is 5.83. The lowest BCUT2D eigenvalue weighted by molar-refractivity contribution is 0.302. The highest BCUT2D eigenvalue weighted by Gasteiger charge is 2.03. The van der Waals surface area contributed by atoms with Crippen LogP contribution < -0.4 is 5.32 Å². The Kier molecular flexibility index (Phi) is 4.72. The van der Waals surface area contributed by atoms with Crippen molar-refractivity contribution in [2.45, 2.75) is 26.4 Å². The first-order valence-electron chi connectivity index (χ1n) is 5.38. The molecule has 0 amide bonds. The summed E-state index contributed by atoms with van der Waals surface area (Å²) in [4.78, 5) is 6.55. The molecule has 0 radical (unpaired) electrons. The van der Waals surface area contributed by atoms with Gasteiger partial charge < -0.3 is 10.2 Å². The van der Waals surface area contributed by atoms with Crippen LogP contribution >= 0.6 is 0 Å². The number of nitrogens with zero attached hydrogens (tertiary/aromatic N) is 2. The molecule has 1 aromatic rings. The van der Waals surface area contributed by atoms with Crippen molar-refractivity contribution in [1.82, 2.24) is 15.2 Å². The normalized spacial score (nSPS) is 13.1. The number of aromatic nitrogens is 1. The van der Waals surface area contributed by atoms with Gasteiger partial charge in [0, 0.05) is 25.3 Å². The van der Waals surface area contributed by atoms with Crippen LogP contribution in [0.2, 0.25) is 0 Å². The SMILES string of the molecule is Cc1ccc(CNCC(C)N(C)C)nc1. The maximum absolute atomic E-state index is 4.34. The van der Waals surface area contributed by atoms with Crippen molar-refractivity contribution in [2.24, 2.45) is 0 Å². The molecule has 0 saturated heterocycles. The lowest BCUT2D eigenvalue weighted by atomic mass is 10.2. The van der Waals surface area contributed by atoms with E-state index in [1.165, 1.54) is 5.56 Å². The summed E-state index contributed by atoms with van der Waals surface area (Å²) in [6.07, 6.45) is 1.91. The van der Waals surface area contributed by atoms with Gasteiger partial charge in [-0.3, -0.25) is 4.98 Å². The molecular formula is C12H21N3. The summed E-state index contributed by atoms with van der Waals surface area (Å²) in [6, 6.07) is 4.72. The average molecular weight is 207 g/mol. The highest BCUT2D eigenvalue weighted by molar-refractivity contribution is 5.11. The molecule has 1 unspecified atom stereocenters. The minimum atomic E-state index is 0.551. The first-order chi connectivity index (χ1) is 7.09. The van der Waals surface area contributed by atoms with Gasteiger partial charge in [0.25, 0.3) is 0 Å². The second-order valence-electron chi connectivity index (χ2n) is 4.27. The Morgan fingerprint density at radius 1 is 1.40 bits per heavy atom. The second-order valence-corrected chi connectivity index (χ2v) is 4.27. The van der Waals surface area contributed by atoms with Crippen LogP contribution in [0, 0.1) is 6.92 Å². The molecule has 84 valence electrons. The van der Waals surface area contributed by atoms with E-state index in [1.54, 1.807) is 0 Å². The number of likely N-dealkylation sites (N-methyl/N-ethyl adjacent to an activating group) is 1. The zero-order valence-corrected chi connectivity index (χ0v) is 10.1. The monoisotopic (exact) mass is 207 g/mol. The molecule has 3 heteroatoms. The number of aryl methyl sites for hydroxylation is 1. The van der Waals surface area contributed by atoms with Crippen LogP contribution in [-0.2, 0) is 6.54 Å². The van der Waals surface area contributed by atoms with E-state index >= 15 is 0 Å². The predicted octanol–water partition coefficient (Wildman–Crippen LogP) is 1.43. The van der Waals surface area contributed by atoms with Crippen molar-refractivity contribution in [3.8, 4) is 0 Å². The highest BCUT2D eigenvalue weighted by Crippen LogP contribution is 1.98. The third-order valence-corrected chi connectivity index (χ3v) is 2.60. The van der Waals surface area contributed by atoms with E-state index in [4.69, 9.17) is 0 Å². The predicted molar refractivity (Wildman–Crippen MR) is 63.8 cm³/mol. The van der Waals surface area contributed by atoms with Crippen molar-refractivity contribution >= 4 is 0 Å². The van der Waals surface area contributed by atoms with E-state index in [2.05, 4.69) is 55.3 Å². The van der Waals surface area contributed by atoms with Crippen molar-refractivity contribution in [2.75, 3.05) is 20.6 Å². The molecule has 1 heterocycles. The molecule has 0 aromatic carbocycles. The van der Waals surface area contributed by atoms with Gasteiger partial charge >= 0.3 is 0 Å². The van der Waals surface area contributed by atoms with Crippen LogP contribution in [0.3, 0.4) is 0 Å². The van der Waals surface area contributed by atoms with Crippen molar-refractivity contribution in [3.63, 3.8) is 0 Å². The summed E-state index contributed by atoms with van der Waals surface area (Å²) in [7, 11) is 4.19. The van der Waals surface area contributed by atoms with Crippen LogP contribution in [0.1, 0.15) is 18.2 Å². The zero-order chi connectivity index (χ0) is 11.3. The summed E-state index contributed by atoms with van der Waals surface area (Å²) in [5, 5.41) is 3.40. The number of nitrogens with one attached hydrogen (secondary N) is 1. The molecule has 1 rings (SSSR count). The lowest BCUT2D eigenvalue weighted by Crippen LogP contribution is -2.35. The number of rotatable bonds is 5. The molecule has 0 fully saturated rings. The lowest BCUT2D eigenvalue weighted by Gasteiger charge is -2.19. The number of hydrogen-bond acceptors (Lipinski definition) is 3. The molecule has 0 aliphatic rings. The van der Waals surface area contributed by atoms with Crippen LogP contribution in [0.15, 0.2) is 18.3 Å². The van der Waals surface area contributed by atoms with Gasteiger partial charge in [-0.1, -0.05) is 6.07 Å². The average Bonchev–Trinajstić information content (AvgIpc) is 2.20. The van der Waals surface area contributed by atoms with E-state index in [0.717, 1.165) is 18.8 Å². The molecule has 15 heavy (non-hydrogen) atoms. The van der Waals surface area contributed by atoms with Crippen molar-refractivity contribution < 1.29 is 0 Å². The summed E-state index contributed by atoms with van der Waals surface area (Å²) < 4.78 is 0. The maximum atomic E-state index is 4.34. The third kappa shape index (κ3) is 4.40. The highest BCUT2D eigenvalue weighted by atomic mass is 15.1. The third-order valence-electron chi connectivity index (χ3n) is 2.60. The number of hydrogen-bond donors (Lipinski definition) is 1. The molecule has 1 atom stereocenters. The fourth-order valence-corrected chi connectivity index (χ4v) is 1.19. The van der Waals surface area contributed by atoms with E-state index < -0.39 is 0 Å². The van der Waals surface area contributed by atoms with E-state index in [1.807, 2.05) is 6.20 Å². The van der Waals surface area contributed by atoms with Gasteiger partial charge in [-0.2, -0.15) is 0 Å². The minimum Gasteiger partial charge on any atom is -0.310 e. The van der Waals surface area contributed by atoms with Crippen LogP contribution in [0.5, 0.6) is 0 Å². The Morgan fingerprint density at radius 2 is 2.13 bits per heavy atom.